The summed E-state index contributed by atoms with van der Waals surface area (Å²) in [5, 5.41) is 0.725. The fourth-order valence-corrected chi connectivity index (χ4v) is 6.66. The van der Waals surface area contributed by atoms with E-state index in [1.54, 1.807) is 0 Å². The maximum Gasteiger partial charge on any atom is 0.315 e. The van der Waals surface area contributed by atoms with Crippen molar-refractivity contribution in [2.75, 3.05) is 26.9 Å². The third-order valence-corrected chi connectivity index (χ3v) is 9.12. The van der Waals surface area contributed by atoms with Crippen LogP contribution in [0.1, 0.15) is 114 Å². The number of quaternary nitrogens is 1. The van der Waals surface area contributed by atoms with Crippen molar-refractivity contribution in [2.45, 2.75) is 103 Å². The Labute approximate surface area is 241 Å². The molecule has 0 amide bonds. The largest absolute Gasteiger partial charge is 0.457 e. The van der Waals surface area contributed by atoms with Crippen LogP contribution in [0.4, 0.5) is 0 Å². The number of nitrogens with zero attached hydrogens (tertiary/aromatic N) is 1. The zero-order valence-corrected chi connectivity index (χ0v) is 25.4. The van der Waals surface area contributed by atoms with Gasteiger partial charge in [-0.1, -0.05) is 101 Å². The summed E-state index contributed by atoms with van der Waals surface area (Å²) in [6.45, 7) is 8.52. The molecule has 4 rings (SSSR count). The molecule has 4 nitrogen and oxygen atoms in total. The maximum atomic E-state index is 13.2. The molecule has 3 atom stereocenters. The van der Waals surface area contributed by atoms with Crippen molar-refractivity contribution in [1.29, 1.82) is 0 Å². The van der Waals surface area contributed by atoms with Gasteiger partial charge < -0.3 is 9.47 Å². The van der Waals surface area contributed by atoms with Gasteiger partial charge in [0, 0.05) is 28.0 Å². The second-order valence-electron chi connectivity index (χ2n) is 12.9. The third-order valence-electron chi connectivity index (χ3n) is 8.89. The van der Waals surface area contributed by atoms with Crippen LogP contribution in [-0.4, -0.2) is 37.3 Å². The van der Waals surface area contributed by atoms with Gasteiger partial charge in [-0.3, -0.25) is 9.28 Å². The SMILES string of the molecule is CCCCCCCCCCCCC(C)(C)C(=O)OC[N+]1(C)CC2c3cc(Cl)ccc3Oc3ccccc3[C@@H]2C1. The highest BCUT2D eigenvalue weighted by Gasteiger charge is 2.48. The van der Waals surface area contributed by atoms with Crippen LogP contribution in [0.2, 0.25) is 5.02 Å². The Bertz CT molecular complexity index is 1100. The van der Waals surface area contributed by atoms with E-state index in [9.17, 15) is 4.79 Å². The first kappa shape index (κ1) is 29.9. The molecule has 2 heterocycles. The van der Waals surface area contributed by atoms with Crippen LogP contribution in [0.25, 0.3) is 0 Å². The molecule has 2 aliphatic rings. The van der Waals surface area contributed by atoms with Crippen molar-refractivity contribution >= 4 is 17.6 Å². The number of carbonyl (C=O) groups is 1. The molecule has 2 aromatic carbocycles. The molecule has 0 spiro atoms. The summed E-state index contributed by atoms with van der Waals surface area (Å²) < 4.78 is 13.1. The monoisotopic (exact) mass is 554 g/mol. The van der Waals surface area contributed by atoms with Crippen LogP contribution >= 0.6 is 11.6 Å². The van der Waals surface area contributed by atoms with Crippen molar-refractivity contribution < 1.29 is 18.8 Å². The number of esters is 1. The molecule has 0 aliphatic carbocycles. The average molecular weight is 555 g/mol. The average Bonchev–Trinajstić information content (AvgIpc) is 3.21. The lowest BCUT2D eigenvalue weighted by molar-refractivity contribution is -0.915. The molecule has 0 radical (unpaired) electrons. The van der Waals surface area contributed by atoms with E-state index in [-0.39, 0.29) is 17.8 Å². The van der Waals surface area contributed by atoms with Gasteiger partial charge in [0.05, 0.1) is 25.6 Å². The van der Waals surface area contributed by atoms with E-state index in [0.29, 0.717) is 11.2 Å². The van der Waals surface area contributed by atoms with Gasteiger partial charge in [0.2, 0.25) is 6.73 Å². The summed E-state index contributed by atoms with van der Waals surface area (Å²) >= 11 is 6.43. The summed E-state index contributed by atoms with van der Waals surface area (Å²) in [6.07, 6.45) is 13.9. The topological polar surface area (TPSA) is 35.5 Å². The summed E-state index contributed by atoms with van der Waals surface area (Å²) in [7, 11) is 2.21. The maximum absolute atomic E-state index is 13.2. The van der Waals surface area contributed by atoms with Crippen molar-refractivity contribution in [2.24, 2.45) is 5.41 Å². The summed E-state index contributed by atoms with van der Waals surface area (Å²) in [6, 6.07) is 14.3. The number of ether oxygens (including phenoxy) is 2. The fraction of sp³-hybridized carbons (Fsp3) is 0.618. The van der Waals surface area contributed by atoms with Crippen molar-refractivity contribution in [3.05, 3.63) is 58.6 Å². The normalized spacial score (nSPS) is 21.9. The van der Waals surface area contributed by atoms with Crippen LogP contribution in [0.15, 0.2) is 42.5 Å². The van der Waals surface area contributed by atoms with Gasteiger partial charge in [0.15, 0.2) is 0 Å². The van der Waals surface area contributed by atoms with Gasteiger partial charge in [-0.2, -0.15) is 0 Å². The molecule has 0 saturated carbocycles. The van der Waals surface area contributed by atoms with Gasteiger partial charge in [0.25, 0.3) is 0 Å². The number of carbonyl (C=O) groups excluding carboxylic acids is 1. The molecule has 214 valence electrons. The molecule has 2 aromatic rings. The molecule has 1 fully saturated rings. The number of hydrogen-bond donors (Lipinski definition) is 0. The molecule has 0 bridgehead atoms. The van der Waals surface area contributed by atoms with E-state index < -0.39 is 5.41 Å². The third kappa shape index (κ3) is 7.79. The number of hydrogen-bond acceptors (Lipinski definition) is 3. The van der Waals surface area contributed by atoms with Crippen molar-refractivity contribution in [1.82, 2.24) is 0 Å². The molecule has 2 aliphatic heterocycles. The number of likely N-dealkylation sites (tertiary alicyclic amines) is 1. The number of para-hydroxylation sites is 1. The van der Waals surface area contributed by atoms with Crippen molar-refractivity contribution in [3.63, 3.8) is 0 Å². The molecule has 0 N–H and O–H groups in total. The number of unbranched alkanes of at least 4 members (excludes halogenated alkanes) is 9. The lowest BCUT2D eigenvalue weighted by atomic mass is 9.84. The molecule has 2 unspecified atom stereocenters. The number of likely N-dealkylation sites (N-methyl/N-ethyl adjacent to an activating group) is 1. The Hall–Kier alpha value is -2.04. The number of benzene rings is 2. The van der Waals surface area contributed by atoms with Gasteiger partial charge in [-0.25, -0.2) is 0 Å². The summed E-state index contributed by atoms with van der Waals surface area (Å²) in [4.78, 5) is 13.2. The molecular weight excluding hydrogens is 506 g/mol. The van der Waals surface area contributed by atoms with E-state index >= 15 is 0 Å². The lowest BCUT2D eigenvalue weighted by Gasteiger charge is -2.31. The Kier molecular flexibility index (Phi) is 10.4. The van der Waals surface area contributed by atoms with Crippen LogP contribution < -0.4 is 4.74 Å². The zero-order valence-electron chi connectivity index (χ0n) is 24.6. The smallest absolute Gasteiger partial charge is 0.315 e. The van der Waals surface area contributed by atoms with E-state index in [1.807, 2.05) is 32.0 Å². The Morgan fingerprint density at radius 3 is 2.18 bits per heavy atom. The van der Waals surface area contributed by atoms with E-state index in [0.717, 1.165) is 48.0 Å². The zero-order chi connectivity index (χ0) is 27.9. The highest BCUT2D eigenvalue weighted by molar-refractivity contribution is 6.30. The van der Waals surface area contributed by atoms with E-state index in [1.165, 1.54) is 63.4 Å². The fourth-order valence-electron chi connectivity index (χ4n) is 6.48. The highest BCUT2D eigenvalue weighted by Crippen LogP contribution is 2.51. The molecule has 39 heavy (non-hydrogen) atoms. The van der Waals surface area contributed by atoms with Crippen LogP contribution in [0.3, 0.4) is 0 Å². The minimum absolute atomic E-state index is 0.0722. The van der Waals surface area contributed by atoms with Crippen molar-refractivity contribution in [3.8, 4) is 11.5 Å². The molecule has 5 heteroatoms. The first-order valence-corrected chi connectivity index (χ1v) is 15.7. The van der Waals surface area contributed by atoms with Gasteiger partial charge >= 0.3 is 5.97 Å². The number of rotatable bonds is 14. The van der Waals surface area contributed by atoms with Gasteiger partial charge in [0.1, 0.15) is 11.5 Å². The Morgan fingerprint density at radius 1 is 0.897 bits per heavy atom. The van der Waals surface area contributed by atoms with Crippen LogP contribution in [0, 0.1) is 5.41 Å². The summed E-state index contributed by atoms with van der Waals surface area (Å²) in [5.41, 5.74) is 1.92. The molecule has 1 saturated heterocycles. The van der Waals surface area contributed by atoms with Gasteiger partial charge in [-0.15, -0.1) is 0 Å². The minimum atomic E-state index is -0.455. The molecular formula is C34H49ClNO3+. The first-order valence-electron chi connectivity index (χ1n) is 15.3. The van der Waals surface area contributed by atoms with E-state index in [2.05, 4.69) is 38.2 Å². The predicted octanol–water partition coefficient (Wildman–Crippen LogP) is 9.61. The predicted molar refractivity (Wildman–Crippen MR) is 161 cm³/mol. The van der Waals surface area contributed by atoms with Gasteiger partial charge in [-0.05, 0) is 44.5 Å². The Morgan fingerprint density at radius 2 is 1.49 bits per heavy atom. The van der Waals surface area contributed by atoms with Crippen LogP contribution in [0.5, 0.6) is 11.5 Å². The number of halogens is 1. The first-order chi connectivity index (χ1) is 18.7. The van der Waals surface area contributed by atoms with E-state index in [4.69, 9.17) is 21.1 Å². The quantitative estimate of drug-likeness (QED) is 0.132. The molecule has 0 aromatic heterocycles. The Balaban J connectivity index is 1.29. The van der Waals surface area contributed by atoms with Crippen LogP contribution in [-0.2, 0) is 9.53 Å². The highest BCUT2D eigenvalue weighted by atomic mass is 35.5. The second-order valence-corrected chi connectivity index (χ2v) is 13.3. The minimum Gasteiger partial charge on any atom is -0.457 e. The number of fused-ring (bicyclic) bond motifs is 5. The summed E-state index contributed by atoms with van der Waals surface area (Å²) in [5.74, 6) is 2.26. The lowest BCUT2D eigenvalue weighted by Crippen LogP contribution is -2.45. The second kappa shape index (κ2) is 13.5. The standard InChI is InChI=1S/C34H49ClNO3/c1-5-6-7-8-9-10-11-12-13-16-21-34(2,3)33(37)38-25-36(4)23-29-27-17-14-15-18-31(27)39-32-20-19-26(35)22-28(32)30(29)24-36/h14-15,17-20,22,29-30H,5-13,16,21,23-25H2,1-4H3/q+1/t29-,30?,36?/m0/s1.